The lowest BCUT2D eigenvalue weighted by Gasteiger charge is -2.37. The van der Waals surface area contributed by atoms with Crippen molar-refractivity contribution in [2.24, 2.45) is 11.7 Å². The second-order valence-corrected chi connectivity index (χ2v) is 9.04. The third kappa shape index (κ3) is 10.9. The molecular formula is C22H45N3O5. The number of amides is 1. The molecule has 1 rings (SSSR count). The largest absolute Gasteiger partial charge is 0.444 e. The van der Waals surface area contributed by atoms with Gasteiger partial charge in [0.1, 0.15) is 5.60 Å². The van der Waals surface area contributed by atoms with E-state index in [1.165, 1.54) is 26.4 Å². The monoisotopic (exact) mass is 431 g/mol. The highest BCUT2D eigenvalue weighted by Crippen LogP contribution is 2.29. The van der Waals surface area contributed by atoms with Crippen LogP contribution in [-0.4, -0.2) is 63.2 Å². The number of likely N-dealkylation sites (N-methyl/N-ethyl adjacent to an activating group) is 1. The third-order valence-corrected chi connectivity index (χ3v) is 5.23. The summed E-state index contributed by atoms with van der Waals surface area (Å²) in [5.41, 5.74) is 5.94. The Labute approximate surface area is 182 Å². The summed E-state index contributed by atoms with van der Waals surface area (Å²) >= 11 is 0. The minimum absolute atomic E-state index is 0.310. The molecule has 1 aliphatic rings. The number of methoxy groups -OCH3 is 1. The van der Waals surface area contributed by atoms with Crippen molar-refractivity contribution in [3.63, 3.8) is 0 Å². The second kappa shape index (κ2) is 14.2. The molecule has 0 bridgehead atoms. The lowest BCUT2D eigenvalue weighted by Crippen LogP contribution is -2.58. The van der Waals surface area contributed by atoms with Gasteiger partial charge in [-0.1, -0.05) is 39.0 Å². The van der Waals surface area contributed by atoms with Crippen molar-refractivity contribution < 1.29 is 23.7 Å². The average molecular weight is 432 g/mol. The Morgan fingerprint density at radius 2 is 1.83 bits per heavy atom. The van der Waals surface area contributed by atoms with Gasteiger partial charge in [-0.2, -0.15) is 0 Å². The predicted octanol–water partition coefficient (Wildman–Crippen LogP) is 3.14. The van der Waals surface area contributed by atoms with Crippen LogP contribution in [0.3, 0.4) is 0 Å². The standard InChI is InChI=1S/C22H45N3O5/c1-7-24-15-17(23)19(29-21(27-6)28-8-2)18(14-16-12-10-9-11-13-16)25-20(26)30-22(3,4)5/h16-19,21,24H,7-15,23H2,1-6H3,(H,25,26)/t17-,18-,19+,21?/m0/s1. The van der Waals surface area contributed by atoms with Crippen LogP contribution < -0.4 is 16.4 Å². The van der Waals surface area contributed by atoms with Gasteiger partial charge in [-0.05, 0) is 46.6 Å². The number of hydrogen-bond acceptors (Lipinski definition) is 7. The molecule has 8 nitrogen and oxygen atoms in total. The molecule has 0 aromatic rings. The average Bonchev–Trinajstić information content (AvgIpc) is 2.68. The smallest absolute Gasteiger partial charge is 0.407 e. The van der Waals surface area contributed by atoms with E-state index in [0.29, 0.717) is 19.1 Å². The second-order valence-electron chi connectivity index (χ2n) is 9.04. The highest BCUT2D eigenvalue weighted by atomic mass is 16.8. The first kappa shape index (κ1) is 27.1. The molecule has 30 heavy (non-hydrogen) atoms. The van der Waals surface area contributed by atoms with Crippen molar-refractivity contribution in [2.75, 3.05) is 26.8 Å². The van der Waals surface area contributed by atoms with Gasteiger partial charge >= 0.3 is 6.09 Å². The summed E-state index contributed by atoms with van der Waals surface area (Å²) in [6, 6.07) is -0.665. The van der Waals surface area contributed by atoms with Crippen LogP contribution in [0.5, 0.6) is 0 Å². The summed E-state index contributed by atoms with van der Waals surface area (Å²) in [7, 11) is 1.53. The normalized spacial score (nSPS) is 19.7. The fourth-order valence-electron chi connectivity index (χ4n) is 3.86. The molecule has 0 aromatic heterocycles. The van der Waals surface area contributed by atoms with Crippen LogP contribution in [0.25, 0.3) is 0 Å². The summed E-state index contributed by atoms with van der Waals surface area (Å²) in [5, 5.41) is 6.32. The van der Waals surface area contributed by atoms with E-state index >= 15 is 0 Å². The molecule has 0 aliphatic heterocycles. The zero-order valence-electron chi connectivity index (χ0n) is 19.9. The van der Waals surface area contributed by atoms with Crippen molar-refractivity contribution >= 4 is 6.09 Å². The van der Waals surface area contributed by atoms with Crippen LogP contribution >= 0.6 is 0 Å². The summed E-state index contributed by atoms with van der Waals surface area (Å²) in [6.45, 7) is 10.4. The Bertz CT molecular complexity index is 466. The molecule has 1 amide bonds. The van der Waals surface area contributed by atoms with Gasteiger partial charge in [-0.25, -0.2) is 4.79 Å². The molecule has 1 fully saturated rings. The number of nitrogens with one attached hydrogen (secondary N) is 2. The molecule has 0 heterocycles. The fraction of sp³-hybridized carbons (Fsp3) is 0.955. The number of rotatable bonds is 13. The number of nitrogens with two attached hydrogens (primary N) is 1. The predicted molar refractivity (Wildman–Crippen MR) is 118 cm³/mol. The quantitative estimate of drug-likeness (QED) is 0.385. The molecule has 0 radical (unpaired) electrons. The fourth-order valence-corrected chi connectivity index (χ4v) is 3.86. The minimum atomic E-state index is -0.845. The van der Waals surface area contributed by atoms with Crippen LogP contribution in [0.1, 0.15) is 73.1 Å². The zero-order chi connectivity index (χ0) is 22.6. The first-order valence-corrected chi connectivity index (χ1v) is 11.5. The molecule has 4 atom stereocenters. The van der Waals surface area contributed by atoms with E-state index in [1.807, 2.05) is 34.6 Å². The van der Waals surface area contributed by atoms with Crippen LogP contribution in [0, 0.1) is 5.92 Å². The van der Waals surface area contributed by atoms with E-state index in [1.54, 1.807) is 0 Å². The van der Waals surface area contributed by atoms with Crippen LogP contribution in [0.4, 0.5) is 4.79 Å². The molecule has 0 aromatic carbocycles. The molecule has 0 saturated heterocycles. The van der Waals surface area contributed by atoms with Crippen LogP contribution in [0.2, 0.25) is 0 Å². The van der Waals surface area contributed by atoms with Gasteiger partial charge in [0.25, 0.3) is 6.48 Å². The molecule has 4 N–H and O–H groups in total. The van der Waals surface area contributed by atoms with Crippen molar-refractivity contribution in [3.05, 3.63) is 0 Å². The number of ether oxygens (including phenoxy) is 4. The van der Waals surface area contributed by atoms with E-state index in [2.05, 4.69) is 10.6 Å². The Hall–Kier alpha value is -0.930. The maximum absolute atomic E-state index is 12.6. The molecule has 178 valence electrons. The Morgan fingerprint density at radius 3 is 2.37 bits per heavy atom. The van der Waals surface area contributed by atoms with Crippen molar-refractivity contribution in [3.8, 4) is 0 Å². The van der Waals surface area contributed by atoms with Crippen molar-refractivity contribution in [1.29, 1.82) is 0 Å². The number of hydrogen-bond donors (Lipinski definition) is 3. The van der Waals surface area contributed by atoms with Crippen molar-refractivity contribution in [2.45, 2.75) is 103 Å². The van der Waals surface area contributed by atoms with E-state index in [-0.39, 0.29) is 12.1 Å². The van der Waals surface area contributed by atoms with Gasteiger partial charge in [0.15, 0.2) is 0 Å². The maximum Gasteiger partial charge on any atom is 0.407 e. The maximum atomic E-state index is 12.6. The zero-order valence-corrected chi connectivity index (χ0v) is 19.9. The van der Waals surface area contributed by atoms with E-state index in [9.17, 15) is 4.79 Å². The minimum Gasteiger partial charge on any atom is -0.444 e. The van der Waals surface area contributed by atoms with Gasteiger partial charge in [0.2, 0.25) is 0 Å². The van der Waals surface area contributed by atoms with Crippen molar-refractivity contribution in [1.82, 2.24) is 10.6 Å². The first-order valence-electron chi connectivity index (χ1n) is 11.5. The molecular weight excluding hydrogens is 386 g/mol. The van der Waals surface area contributed by atoms with E-state index < -0.39 is 24.3 Å². The molecule has 8 heteroatoms. The first-order chi connectivity index (χ1) is 14.2. The third-order valence-electron chi connectivity index (χ3n) is 5.23. The van der Waals surface area contributed by atoms with Gasteiger partial charge in [-0.3, -0.25) is 0 Å². The lowest BCUT2D eigenvalue weighted by atomic mass is 9.83. The lowest BCUT2D eigenvalue weighted by molar-refractivity contribution is -0.298. The topological polar surface area (TPSA) is 104 Å². The van der Waals surface area contributed by atoms with Gasteiger partial charge in [0, 0.05) is 26.3 Å². The molecule has 1 aliphatic carbocycles. The van der Waals surface area contributed by atoms with E-state index in [0.717, 1.165) is 25.8 Å². The Kier molecular flexibility index (Phi) is 12.8. The van der Waals surface area contributed by atoms with Gasteiger partial charge in [0.05, 0.1) is 12.1 Å². The summed E-state index contributed by atoms with van der Waals surface area (Å²) in [6.07, 6.45) is 5.86. The van der Waals surface area contributed by atoms with Crippen LogP contribution in [0.15, 0.2) is 0 Å². The highest BCUT2D eigenvalue weighted by Gasteiger charge is 2.35. The summed E-state index contributed by atoms with van der Waals surface area (Å²) in [4.78, 5) is 12.6. The Balaban J connectivity index is 3.03. The highest BCUT2D eigenvalue weighted by molar-refractivity contribution is 5.68. The van der Waals surface area contributed by atoms with Gasteiger partial charge in [-0.15, -0.1) is 0 Å². The molecule has 1 saturated carbocycles. The SMILES string of the molecule is CCNC[C@H](N)[C@@H](OC(OC)OCC)[C@H](CC1CCCCC1)NC(=O)OC(C)(C)C. The number of carbonyl (C=O) groups is 1. The molecule has 1 unspecified atom stereocenters. The molecule has 0 spiro atoms. The Morgan fingerprint density at radius 1 is 1.17 bits per heavy atom. The van der Waals surface area contributed by atoms with Crippen LogP contribution in [-0.2, 0) is 18.9 Å². The summed E-state index contributed by atoms with van der Waals surface area (Å²) in [5.74, 6) is 0.518. The number of alkyl carbamates (subject to hydrolysis) is 1. The van der Waals surface area contributed by atoms with E-state index in [4.69, 9.17) is 24.7 Å². The summed E-state index contributed by atoms with van der Waals surface area (Å²) < 4.78 is 22.6. The number of carbonyl (C=O) groups excluding carboxylic acids is 1. The van der Waals surface area contributed by atoms with Gasteiger partial charge < -0.3 is 35.3 Å².